The molecule has 0 unspecified atom stereocenters. The molecule has 15 heavy (non-hydrogen) atoms. The van der Waals surface area contributed by atoms with Gasteiger partial charge in [-0.2, -0.15) is 0 Å². The highest BCUT2D eigenvalue weighted by molar-refractivity contribution is 9.10. The predicted octanol–water partition coefficient (Wildman–Crippen LogP) is 2.17. The Morgan fingerprint density at radius 1 is 1.33 bits per heavy atom. The third kappa shape index (κ3) is 3.76. The van der Waals surface area contributed by atoms with Gasteiger partial charge in [0.1, 0.15) is 0 Å². The van der Waals surface area contributed by atoms with Crippen LogP contribution in [0.3, 0.4) is 0 Å². The van der Waals surface area contributed by atoms with Gasteiger partial charge < -0.3 is 11.1 Å². The average molecular weight is 273 g/mol. The van der Waals surface area contributed by atoms with Gasteiger partial charge in [-0.15, -0.1) is 0 Å². The van der Waals surface area contributed by atoms with Crippen LogP contribution in [0.5, 0.6) is 0 Å². The quantitative estimate of drug-likeness (QED) is 0.863. The van der Waals surface area contributed by atoms with E-state index in [1.807, 2.05) is 0 Å². The molecule has 0 aliphatic carbocycles. The summed E-state index contributed by atoms with van der Waals surface area (Å²) in [6.07, 6.45) is 5.30. The van der Waals surface area contributed by atoms with Gasteiger partial charge in [0.25, 0.3) is 0 Å². The van der Waals surface area contributed by atoms with E-state index in [-0.39, 0.29) is 5.54 Å². The van der Waals surface area contributed by atoms with Crippen molar-refractivity contribution in [2.75, 3.05) is 11.9 Å². The number of nitrogens with two attached hydrogens (primary N) is 1. The zero-order valence-electron chi connectivity index (χ0n) is 9.13. The van der Waals surface area contributed by atoms with Crippen LogP contribution in [0, 0.1) is 0 Å². The van der Waals surface area contributed by atoms with E-state index in [9.17, 15) is 0 Å². The lowest BCUT2D eigenvalue weighted by Crippen LogP contribution is -2.45. The standard InChI is InChI=1S/C10H17BrN4/c1-3-10(12,4-2)7-15-9-13-5-8(11)6-14-9/h5-6H,3-4,7,12H2,1-2H3,(H,13,14,15). The van der Waals surface area contributed by atoms with Gasteiger partial charge in [0.2, 0.25) is 5.95 Å². The van der Waals surface area contributed by atoms with Gasteiger partial charge in [0, 0.05) is 24.5 Å². The van der Waals surface area contributed by atoms with Crippen molar-refractivity contribution in [3.63, 3.8) is 0 Å². The van der Waals surface area contributed by atoms with Crippen molar-refractivity contribution < 1.29 is 0 Å². The Bertz CT molecular complexity index is 295. The van der Waals surface area contributed by atoms with Crippen molar-refractivity contribution in [2.45, 2.75) is 32.2 Å². The first-order chi connectivity index (χ1) is 7.09. The van der Waals surface area contributed by atoms with Crippen molar-refractivity contribution >= 4 is 21.9 Å². The molecule has 84 valence electrons. The summed E-state index contributed by atoms with van der Waals surface area (Å²) in [5.41, 5.74) is 5.98. The fourth-order valence-electron chi connectivity index (χ4n) is 1.16. The molecule has 0 aliphatic heterocycles. The Morgan fingerprint density at radius 2 is 1.87 bits per heavy atom. The molecule has 0 bridgehead atoms. The van der Waals surface area contributed by atoms with Crippen LogP contribution in [-0.2, 0) is 0 Å². The first kappa shape index (κ1) is 12.4. The number of rotatable bonds is 5. The largest absolute Gasteiger partial charge is 0.352 e. The molecule has 0 amide bonds. The third-order valence-corrected chi connectivity index (χ3v) is 3.04. The lowest BCUT2D eigenvalue weighted by Gasteiger charge is -2.26. The lowest BCUT2D eigenvalue weighted by molar-refractivity contribution is 0.417. The summed E-state index contributed by atoms with van der Waals surface area (Å²) in [5.74, 6) is 0.620. The average Bonchev–Trinajstić information content (AvgIpc) is 2.28. The molecule has 0 saturated heterocycles. The van der Waals surface area contributed by atoms with Gasteiger partial charge in [0.05, 0.1) is 4.47 Å². The summed E-state index contributed by atoms with van der Waals surface area (Å²) in [4.78, 5) is 8.25. The maximum atomic E-state index is 6.15. The van der Waals surface area contributed by atoms with Crippen molar-refractivity contribution in [1.82, 2.24) is 9.97 Å². The second kappa shape index (κ2) is 5.42. The van der Waals surface area contributed by atoms with E-state index in [1.54, 1.807) is 12.4 Å². The molecule has 1 heterocycles. The van der Waals surface area contributed by atoms with Gasteiger partial charge in [-0.1, -0.05) is 13.8 Å². The van der Waals surface area contributed by atoms with Crippen LogP contribution < -0.4 is 11.1 Å². The van der Waals surface area contributed by atoms with Crippen molar-refractivity contribution in [1.29, 1.82) is 0 Å². The Hall–Kier alpha value is -0.680. The van der Waals surface area contributed by atoms with Crippen LogP contribution in [0.2, 0.25) is 0 Å². The molecule has 0 saturated carbocycles. The fraction of sp³-hybridized carbons (Fsp3) is 0.600. The van der Waals surface area contributed by atoms with Gasteiger partial charge in [-0.25, -0.2) is 9.97 Å². The van der Waals surface area contributed by atoms with Crippen molar-refractivity contribution in [3.05, 3.63) is 16.9 Å². The number of aromatic nitrogens is 2. The lowest BCUT2D eigenvalue weighted by atomic mass is 9.94. The molecule has 0 atom stereocenters. The molecular formula is C10H17BrN4. The smallest absolute Gasteiger partial charge is 0.222 e. The van der Waals surface area contributed by atoms with Crippen LogP contribution in [0.4, 0.5) is 5.95 Å². The maximum Gasteiger partial charge on any atom is 0.222 e. The van der Waals surface area contributed by atoms with E-state index >= 15 is 0 Å². The Balaban J connectivity index is 2.53. The minimum absolute atomic E-state index is 0.170. The highest BCUT2D eigenvalue weighted by Crippen LogP contribution is 2.12. The van der Waals surface area contributed by atoms with E-state index in [2.05, 4.69) is 45.1 Å². The van der Waals surface area contributed by atoms with Crippen molar-refractivity contribution in [2.24, 2.45) is 5.73 Å². The summed E-state index contributed by atoms with van der Waals surface area (Å²) >= 11 is 3.29. The van der Waals surface area contributed by atoms with Gasteiger partial charge >= 0.3 is 0 Å². The summed E-state index contributed by atoms with van der Waals surface area (Å²) in [6, 6.07) is 0. The van der Waals surface area contributed by atoms with Crippen LogP contribution in [0.1, 0.15) is 26.7 Å². The number of anilines is 1. The minimum Gasteiger partial charge on any atom is -0.352 e. The molecule has 0 fully saturated rings. The van der Waals surface area contributed by atoms with E-state index in [4.69, 9.17) is 5.73 Å². The van der Waals surface area contributed by atoms with E-state index < -0.39 is 0 Å². The second-order valence-electron chi connectivity index (χ2n) is 3.65. The highest BCUT2D eigenvalue weighted by atomic mass is 79.9. The Morgan fingerprint density at radius 3 is 2.33 bits per heavy atom. The van der Waals surface area contributed by atoms with Gasteiger partial charge in [-0.3, -0.25) is 0 Å². The molecule has 1 aromatic rings. The van der Waals surface area contributed by atoms with Crippen molar-refractivity contribution in [3.8, 4) is 0 Å². The van der Waals surface area contributed by atoms with Crippen LogP contribution >= 0.6 is 15.9 Å². The summed E-state index contributed by atoms with van der Waals surface area (Å²) in [7, 11) is 0. The molecular weight excluding hydrogens is 256 g/mol. The molecule has 0 aromatic carbocycles. The van der Waals surface area contributed by atoms with E-state index in [1.165, 1.54) is 0 Å². The third-order valence-electron chi connectivity index (χ3n) is 2.63. The fourth-order valence-corrected chi connectivity index (χ4v) is 1.36. The SMILES string of the molecule is CCC(N)(CC)CNc1ncc(Br)cn1. The van der Waals surface area contributed by atoms with Gasteiger partial charge in [0.15, 0.2) is 0 Å². The molecule has 1 rings (SSSR count). The monoisotopic (exact) mass is 272 g/mol. The zero-order chi connectivity index (χ0) is 11.3. The molecule has 5 heteroatoms. The van der Waals surface area contributed by atoms with Crippen LogP contribution in [0.15, 0.2) is 16.9 Å². The van der Waals surface area contributed by atoms with Crippen LogP contribution in [0.25, 0.3) is 0 Å². The summed E-state index contributed by atoms with van der Waals surface area (Å²) in [5, 5.41) is 3.15. The molecule has 0 aliphatic rings. The first-order valence-electron chi connectivity index (χ1n) is 5.10. The highest BCUT2D eigenvalue weighted by Gasteiger charge is 2.19. The Kier molecular flexibility index (Phi) is 4.47. The maximum absolute atomic E-state index is 6.15. The van der Waals surface area contributed by atoms with E-state index in [0.717, 1.165) is 17.3 Å². The Labute approximate surface area is 98.8 Å². The molecule has 4 nitrogen and oxygen atoms in total. The number of halogens is 1. The minimum atomic E-state index is -0.170. The van der Waals surface area contributed by atoms with Crippen LogP contribution in [-0.4, -0.2) is 22.1 Å². The predicted molar refractivity (Wildman–Crippen MR) is 65.7 cm³/mol. The van der Waals surface area contributed by atoms with E-state index in [0.29, 0.717) is 12.5 Å². The van der Waals surface area contributed by atoms with Gasteiger partial charge in [-0.05, 0) is 28.8 Å². The first-order valence-corrected chi connectivity index (χ1v) is 5.89. The summed E-state index contributed by atoms with van der Waals surface area (Å²) < 4.78 is 0.873. The molecule has 0 spiro atoms. The number of nitrogens with one attached hydrogen (secondary N) is 1. The zero-order valence-corrected chi connectivity index (χ0v) is 10.7. The topological polar surface area (TPSA) is 63.8 Å². The molecule has 1 aromatic heterocycles. The molecule has 0 radical (unpaired) electrons. The number of hydrogen-bond donors (Lipinski definition) is 2. The molecule has 3 N–H and O–H groups in total. The summed E-state index contributed by atoms with van der Waals surface area (Å²) in [6.45, 7) is 4.88. The second-order valence-corrected chi connectivity index (χ2v) is 4.56. The number of nitrogens with zero attached hydrogens (tertiary/aromatic N) is 2. The number of hydrogen-bond acceptors (Lipinski definition) is 4. The normalized spacial score (nSPS) is 11.5.